The summed E-state index contributed by atoms with van der Waals surface area (Å²) in [5, 5.41) is 85.9. The number of carboxylic acids is 1. The number of aliphatic hydroxyl groups is 7. The van der Waals surface area contributed by atoms with Gasteiger partial charge in [0.2, 0.25) is 0 Å². The molecule has 2 saturated heterocycles. The molecule has 0 aromatic rings. The van der Waals surface area contributed by atoms with Gasteiger partial charge in [-0.15, -0.1) is 0 Å². The Kier molecular flexibility index (Phi) is 10.4. The van der Waals surface area contributed by atoms with Gasteiger partial charge in [0.1, 0.15) is 48.1 Å². The zero-order chi connectivity index (χ0) is 39.6. The van der Waals surface area contributed by atoms with Gasteiger partial charge in [-0.2, -0.15) is 0 Å². The van der Waals surface area contributed by atoms with Gasteiger partial charge in [-0.3, -0.25) is 4.79 Å². The number of aliphatic carboxylic acids is 1. The standard InChI is InChI=1S/C41H66O13/c1-36(2)14-15-41(35(49)50)21(16-36)20-8-9-25-38(5)12-11-27(37(3,4)24(38)10-13-39(25,6)40(20,7)17-26(41)44)53-34-31(48)32(29(46)23(18-42)52-34)54-33-30(47)28(45)22(43)19-51-33/h8,21-34,42-48H,9-19H2,1-7H3,(H,49,50)/t21-,22+,23+,24?,25+,26+,27-,28-,29+,30+,31+,32-,33-,34-,38-,39+,40+,41+/m0/s1. The molecule has 13 heteroatoms. The lowest BCUT2D eigenvalue weighted by Crippen LogP contribution is -2.68. The highest BCUT2D eigenvalue weighted by Gasteiger charge is 2.71. The van der Waals surface area contributed by atoms with Crippen LogP contribution in [-0.4, -0.2) is 128 Å². The summed E-state index contributed by atoms with van der Waals surface area (Å²) >= 11 is 0. The highest BCUT2D eigenvalue weighted by molar-refractivity contribution is 5.77. The smallest absolute Gasteiger partial charge is 0.312 e. The maximum atomic E-state index is 13.1. The summed E-state index contributed by atoms with van der Waals surface area (Å²) in [5.41, 5.74) is -0.969. The minimum atomic E-state index is -1.64. The summed E-state index contributed by atoms with van der Waals surface area (Å²) in [5.74, 6) is -0.592. The van der Waals surface area contributed by atoms with E-state index in [-0.39, 0.29) is 52.1 Å². The molecule has 0 bridgehead atoms. The Morgan fingerprint density at radius 2 is 1.52 bits per heavy atom. The van der Waals surface area contributed by atoms with Gasteiger partial charge < -0.3 is 59.8 Å². The van der Waals surface area contributed by atoms with Crippen molar-refractivity contribution in [2.45, 2.75) is 174 Å². The summed E-state index contributed by atoms with van der Waals surface area (Å²) in [6, 6.07) is 0. The van der Waals surface area contributed by atoms with Gasteiger partial charge in [0.05, 0.1) is 25.4 Å². The first-order valence-corrected chi connectivity index (χ1v) is 20.3. The molecule has 5 aliphatic carbocycles. The minimum absolute atomic E-state index is 0.0137. The molecule has 0 spiro atoms. The molecular weight excluding hydrogens is 700 g/mol. The number of ether oxygens (including phenoxy) is 4. The number of carbonyl (C=O) groups is 1. The molecule has 18 atom stereocenters. The number of aliphatic hydroxyl groups excluding tert-OH is 7. The lowest BCUT2D eigenvalue weighted by atomic mass is 9.33. The number of hydrogen-bond donors (Lipinski definition) is 8. The van der Waals surface area contributed by atoms with E-state index in [9.17, 15) is 45.6 Å². The third-order valence-corrected chi connectivity index (χ3v) is 16.9. The molecule has 0 amide bonds. The average molecular weight is 767 g/mol. The second-order valence-electron chi connectivity index (χ2n) is 20.3. The monoisotopic (exact) mass is 766 g/mol. The maximum Gasteiger partial charge on any atom is 0.312 e. The van der Waals surface area contributed by atoms with Crippen LogP contribution in [-0.2, 0) is 23.7 Å². The molecular formula is C41H66O13. The van der Waals surface area contributed by atoms with Crippen LogP contribution in [0.2, 0.25) is 0 Å². The molecule has 2 heterocycles. The largest absolute Gasteiger partial charge is 0.481 e. The van der Waals surface area contributed by atoms with E-state index in [2.05, 4.69) is 54.5 Å². The Morgan fingerprint density at radius 3 is 2.19 bits per heavy atom. The predicted molar refractivity (Wildman–Crippen MR) is 193 cm³/mol. The van der Waals surface area contributed by atoms with Crippen LogP contribution >= 0.6 is 0 Å². The van der Waals surface area contributed by atoms with Crippen LogP contribution in [0.1, 0.15) is 106 Å². The van der Waals surface area contributed by atoms with Gasteiger partial charge in [0, 0.05) is 0 Å². The summed E-state index contributed by atoms with van der Waals surface area (Å²) in [4.78, 5) is 13.1. The zero-order valence-electron chi connectivity index (χ0n) is 33.1. The van der Waals surface area contributed by atoms with Crippen molar-refractivity contribution in [3.63, 3.8) is 0 Å². The molecule has 7 rings (SSSR count). The van der Waals surface area contributed by atoms with Crippen LogP contribution in [0.5, 0.6) is 0 Å². The first-order valence-electron chi connectivity index (χ1n) is 20.3. The Labute approximate surface area is 319 Å². The maximum absolute atomic E-state index is 13.1. The quantitative estimate of drug-likeness (QED) is 0.144. The van der Waals surface area contributed by atoms with Crippen molar-refractivity contribution in [1.29, 1.82) is 0 Å². The third kappa shape index (κ3) is 5.84. The Balaban J connectivity index is 1.13. The van der Waals surface area contributed by atoms with Crippen LogP contribution in [0, 0.1) is 50.2 Å². The molecule has 0 radical (unpaired) electrons. The van der Waals surface area contributed by atoms with Crippen molar-refractivity contribution < 1.29 is 64.6 Å². The number of allylic oxidation sites excluding steroid dienone is 2. The topological polar surface area (TPSA) is 216 Å². The van der Waals surface area contributed by atoms with Crippen molar-refractivity contribution in [1.82, 2.24) is 0 Å². The molecule has 308 valence electrons. The fourth-order valence-electron chi connectivity index (χ4n) is 13.5. The molecule has 4 saturated carbocycles. The number of rotatable bonds is 6. The molecule has 6 fully saturated rings. The summed E-state index contributed by atoms with van der Waals surface area (Å²) < 4.78 is 23.8. The van der Waals surface area contributed by atoms with Crippen molar-refractivity contribution in [2.75, 3.05) is 13.2 Å². The van der Waals surface area contributed by atoms with E-state index in [4.69, 9.17) is 18.9 Å². The van der Waals surface area contributed by atoms with E-state index < -0.39 is 84.8 Å². The van der Waals surface area contributed by atoms with Crippen molar-refractivity contribution >= 4 is 5.97 Å². The predicted octanol–water partition coefficient (Wildman–Crippen LogP) is 2.49. The lowest BCUT2D eigenvalue weighted by Gasteiger charge is -2.71. The normalized spacial score (nSPS) is 53.9. The first kappa shape index (κ1) is 40.9. The van der Waals surface area contributed by atoms with Crippen molar-refractivity contribution in [2.24, 2.45) is 50.2 Å². The Morgan fingerprint density at radius 1 is 0.815 bits per heavy atom. The van der Waals surface area contributed by atoms with Crippen LogP contribution in [0.3, 0.4) is 0 Å². The number of fused-ring (bicyclic) bond motifs is 7. The van der Waals surface area contributed by atoms with Crippen LogP contribution in [0.15, 0.2) is 11.6 Å². The van der Waals surface area contributed by atoms with E-state index in [0.717, 1.165) is 38.5 Å². The summed E-state index contributed by atoms with van der Waals surface area (Å²) in [7, 11) is 0. The highest BCUT2D eigenvalue weighted by atomic mass is 16.7. The van der Waals surface area contributed by atoms with E-state index in [0.29, 0.717) is 19.3 Å². The fourth-order valence-corrected chi connectivity index (χ4v) is 13.5. The Bertz CT molecular complexity index is 1470. The second-order valence-corrected chi connectivity index (χ2v) is 20.3. The van der Waals surface area contributed by atoms with E-state index in [1.165, 1.54) is 5.57 Å². The van der Waals surface area contributed by atoms with E-state index in [1.54, 1.807) is 0 Å². The molecule has 2 aliphatic heterocycles. The van der Waals surface area contributed by atoms with Gasteiger partial charge in [-0.1, -0.05) is 60.1 Å². The van der Waals surface area contributed by atoms with Gasteiger partial charge in [0.15, 0.2) is 12.6 Å². The fraction of sp³-hybridized carbons (Fsp3) is 0.927. The number of hydrogen-bond acceptors (Lipinski definition) is 12. The minimum Gasteiger partial charge on any atom is -0.481 e. The summed E-state index contributed by atoms with van der Waals surface area (Å²) in [6.45, 7) is 15.0. The first-order chi connectivity index (χ1) is 25.1. The lowest BCUT2D eigenvalue weighted by molar-refractivity contribution is -0.361. The van der Waals surface area contributed by atoms with Crippen molar-refractivity contribution in [3.05, 3.63) is 11.6 Å². The van der Waals surface area contributed by atoms with Crippen LogP contribution in [0.4, 0.5) is 0 Å². The SMILES string of the molecule is CC1(C)CC[C@]2(C(=O)O)[C@H](O)C[C@]3(C)C(=CC[C@@H]4[C@@]5(C)CC[C@H](O[C@@H]6O[C@H](CO)[C@@H](O)[C@H](O[C@@H]7OC[C@@H](O)[C@H](O)[C@H]7O)[C@H]6O)C(C)(C)C5CC[C@]43C)[C@@H]2C1. The molecule has 0 aromatic carbocycles. The molecule has 7 aliphatic rings. The van der Waals surface area contributed by atoms with E-state index >= 15 is 0 Å². The van der Waals surface area contributed by atoms with Crippen LogP contribution < -0.4 is 0 Å². The van der Waals surface area contributed by atoms with Crippen molar-refractivity contribution in [3.8, 4) is 0 Å². The third-order valence-electron chi connectivity index (χ3n) is 16.9. The summed E-state index contributed by atoms with van der Waals surface area (Å²) in [6.07, 6.45) is -5.21. The molecule has 13 nitrogen and oxygen atoms in total. The second kappa shape index (κ2) is 13.7. The number of carboxylic acid groups (broad SMARTS) is 1. The molecule has 54 heavy (non-hydrogen) atoms. The Hall–Kier alpha value is -1.23. The van der Waals surface area contributed by atoms with Gasteiger partial charge in [0.25, 0.3) is 0 Å². The van der Waals surface area contributed by atoms with Gasteiger partial charge in [-0.05, 0) is 103 Å². The van der Waals surface area contributed by atoms with Gasteiger partial charge in [-0.25, -0.2) is 0 Å². The average Bonchev–Trinajstić information content (AvgIpc) is 3.08. The van der Waals surface area contributed by atoms with Crippen LogP contribution in [0.25, 0.3) is 0 Å². The molecule has 1 unspecified atom stereocenters. The molecule has 8 N–H and O–H groups in total. The molecule has 0 aromatic heterocycles. The zero-order valence-corrected chi connectivity index (χ0v) is 33.1. The highest BCUT2D eigenvalue weighted by Crippen LogP contribution is 2.76. The van der Waals surface area contributed by atoms with E-state index in [1.807, 2.05) is 0 Å². The van der Waals surface area contributed by atoms with Gasteiger partial charge >= 0.3 is 5.97 Å².